The van der Waals surface area contributed by atoms with Gasteiger partial charge in [0.25, 0.3) is 11.8 Å². The Bertz CT molecular complexity index is 3210. The van der Waals surface area contributed by atoms with E-state index in [2.05, 4.69) is 21.3 Å². The fourth-order valence-electron chi connectivity index (χ4n) is 7.40. The van der Waals surface area contributed by atoms with Crippen LogP contribution in [0.15, 0.2) is 125 Å². The summed E-state index contributed by atoms with van der Waals surface area (Å²) in [5.74, 6) is -3.12. The molecule has 18 heteroatoms. The maximum absolute atomic E-state index is 13.2. The van der Waals surface area contributed by atoms with Gasteiger partial charge in [-0.2, -0.15) is 0 Å². The Kier molecular flexibility index (Phi) is 18.1. The summed E-state index contributed by atoms with van der Waals surface area (Å²) in [6, 6.07) is 30.1. The number of aryl methyl sites for hydroxylation is 4. The Morgan fingerprint density at radius 1 is 0.486 bits per heavy atom. The van der Waals surface area contributed by atoms with Gasteiger partial charge in [-0.3, -0.25) is 19.2 Å². The second-order valence-electron chi connectivity index (χ2n) is 18.3. The molecule has 0 aliphatic rings. The third kappa shape index (κ3) is 13.8. The van der Waals surface area contributed by atoms with Gasteiger partial charge in [0.1, 0.15) is 22.0 Å². The van der Waals surface area contributed by atoms with Gasteiger partial charge in [0.05, 0.1) is 42.6 Å². The van der Waals surface area contributed by atoms with Crippen molar-refractivity contribution in [2.24, 2.45) is 0 Å². The van der Waals surface area contributed by atoms with Crippen molar-refractivity contribution in [3.05, 3.63) is 164 Å². The van der Waals surface area contributed by atoms with Crippen LogP contribution in [-0.4, -0.2) is 61.2 Å². The van der Waals surface area contributed by atoms with E-state index in [-0.39, 0.29) is 72.3 Å². The quantitative estimate of drug-likeness (QED) is 0.0566. The summed E-state index contributed by atoms with van der Waals surface area (Å²) < 4.78 is 52.9. The van der Waals surface area contributed by atoms with E-state index in [1.165, 1.54) is 48.5 Å². The fourth-order valence-corrected chi connectivity index (χ4v) is 11.3. The number of aromatic hydroxyl groups is 2. The lowest BCUT2D eigenvalue weighted by Crippen LogP contribution is -2.35. The highest BCUT2D eigenvalue weighted by Gasteiger charge is 2.35. The number of benzene rings is 6. The van der Waals surface area contributed by atoms with Gasteiger partial charge in [-0.05, 0) is 123 Å². The van der Waals surface area contributed by atoms with E-state index in [0.717, 1.165) is 27.8 Å². The van der Waals surface area contributed by atoms with E-state index in [0.29, 0.717) is 11.1 Å². The summed E-state index contributed by atoms with van der Waals surface area (Å²) in [6.45, 7) is 16.7. The Morgan fingerprint density at radius 2 is 0.847 bits per heavy atom. The predicted molar refractivity (Wildman–Crippen MR) is 285 cm³/mol. The maximum atomic E-state index is 13.2. The molecule has 14 nitrogen and oxygen atoms in total. The number of phenolic OH excluding ortho intramolecular Hbond substituents is 2. The van der Waals surface area contributed by atoms with Gasteiger partial charge in [0.2, 0.25) is 11.8 Å². The summed E-state index contributed by atoms with van der Waals surface area (Å²) in [5, 5.41) is 28.4. The van der Waals surface area contributed by atoms with Crippen LogP contribution in [0, 0.1) is 27.7 Å². The smallest absolute Gasteiger partial charge is 0.255 e. The lowest BCUT2D eigenvalue weighted by molar-refractivity contribution is -0.116. The minimum absolute atomic E-state index is 0.0205. The van der Waals surface area contributed by atoms with E-state index in [9.17, 15) is 46.2 Å². The molecule has 4 amide bonds. The molecule has 0 saturated heterocycles. The van der Waals surface area contributed by atoms with Crippen molar-refractivity contribution in [2.45, 2.75) is 101 Å². The lowest BCUT2D eigenvalue weighted by Gasteiger charge is -2.20. The number of sulfone groups is 2. The Labute approximate surface area is 431 Å². The second-order valence-corrected chi connectivity index (χ2v) is 23.4. The SMILES string of the molecule is CCC(C(=O)Nc1cc(O)c(NC(=O)c2ccc(C)cc2)cc1Cl)S(=O)(=O)c1cc(C)cc(C)c1.CCC(C(=O)Nc1cc(O)c(NC(=O)c2ccc(C)cc2)cc1Cl)S(=O)(=O)c1ccc(C(C)(C)C)cc1. The molecule has 0 heterocycles. The van der Waals surface area contributed by atoms with Crippen molar-refractivity contribution in [2.75, 3.05) is 21.3 Å². The average molecular weight is 1060 g/mol. The second kappa shape index (κ2) is 23.2. The monoisotopic (exact) mass is 1060 g/mol. The third-order valence-electron chi connectivity index (χ3n) is 11.5. The molecule has 6 rings (SSSR count). The molecule has 380 valence electrons. The number of hydrogen-bond donors (Lipinski definition) is 6. The zero-order valence-corrected chi connectivity index (χ0v) is 44.4. The van der Waals surface area contributed by atoms with Crippen LogP contribution < -0.4 is 21.3 Å². The summed E-state index contributed by atoms with van der Waals surface area (Å²) in [4.78, 5) is 51.1. The number of halogens is 2. The average Bonchev–Trinajstić information content (AvgIpc) is 3.30. The maximum Gasteiger partial charge on any atom is 0.255 e. The van der Waals surface area contributed by atoms with Gasteiger partial charge < -0.3 is 31.5 Å². The number of amides is 4. The molecule has 6 aromatic rings. The van der Waals surface area contributed by atoms with Crippen molar-refractivity contribution in [1.29, 1.82) is 0 Å². The molecule has 0 bridgehead atoms. The summed E-state index contributed by atoms with van der Waals surface area (Å²) in [6.07, 6.45) is 0.0684. The fraction of sp³-hybridized carbons (Fsp3) is 0.259. The molecule has 2 atom stereocenters. The zero-order valence-electron chi connectivity index (χ0n) is 41.3. The Morgan fingerprint density at radius 3 is 1.19 bits per heavy atom. The standard InChI is InChI=1S/C28H31ClN2O5S.C26H27ClN2O5S/c1-6-25(37(35,36)20-13-11-19(12-14-20)28(3,4)5)27(34)30-22-16-24(32)23(15-21(22)29)31-26(33)18-9-7-17(2)8-10-18;1-5-24(35(33,34)19-11-16(3)10-17(4)12-19)26(32)28-21-14-23(30)22(13-20(21)27)29-25(31)18-8-6-15(2)7-9-18/h7-16,25,32H,6H2,1-5H3,(H,30,34)(H,31,33);6-14,24,30H,5H2,1-4H3,(H,28,32)(H,29,31). The Hall–Kier alpha value is -6.72. The molecule has 0 aliphatic carbocycles. The van der Waals surface area contributed by atoms with Gasteiger partial charge >= 0.3 is 0 Å². The molecule has 0 aromatic heterocycles. The first-order valence-electron chi connectivity index (χ1n) is 22.8. The van der Waals surface area contributed by atoms with Crippen molar-refractivity contribution in [1.82, 2.24) is 0 Å². The van der Waals surface area contributed by atoms with Gasteiger partial charge in [0, 0.05) is 23.3 Å². The first-order chi connectivity index (χ1) is 33.6. The first-order valence-corrected chi connectivity index (χ1v) is 26.6. The summed E-state index contributed by atoms with van der Waals surface area (Å²) >= 11 is 12.6. The molecular formula is C54H58Cl2N4O10S2. The van der Waals surface area contributed by atoms with E-state index in [1.807, 2.05) is 40.7 Å². The number of nitrogens with one attached hydrogen (secondary N) is 4. The van der Waals surface area contributed by atoms with Gasteiger partial charge in [-0.25, -0.2) is 16.8 Å². The van der Waals surface area contributed by atoms with E-state index in [4.69, 9.17) is 23.2 Å². The summed E-state index contributed by atoms with van der Waals surface area (Å²) in [5.41, 5.74) is 5.30. The molecule has 2 unspecified atom stereocenters. The van der Waals surface area contributed by atoms with Crippen molar-refractivity contribution in [3.63, 3.8) is 0 Å². The summed E-state index contributed by atoms with van der Waals surface area (Å²) in [7, 11) is -7.96. The van der Waals surface area contributed by atoms with Crippen LogP contribution >= 0.6 is 23.2 Å². The molecule has 0 fully saturated rings. The highest BCUT2D eigenvalue weighted by molar-refractivity contribution is 7.93. The van der Waals surface area contributed by atoms with Crippen molar-refractivity contribution < 1.29 is 46.2 Å². The number of carbonyl (C=O) groups excluding carboxylic acids is 4. The largest absolute Gasteiger partial charge is 0.506 e. The molecule has 0 radical (unpaired) electrons. The number of phenols is 2. The normalized spacial score (nSPS) is 12.4. The van der Waals surface area contributed by atoms with Gasteiger partial charge in [-0.1, -0.05) is 111 Å². The van der Waals surface area contributed by atoms with E-state index >= 15 is 0 Å². The molecular weight excluding hydrogens is 1000 g/mol. The van der Waals surface area contributed by atoms with Crippen LogP contribution in [0.1, 0.15) is 96.0 Å². The van der Waals surface area contributed by atoms with Gasteiger partial charge in [-0.15, -0.1) is 0 Å². The number of rotatable bonds is 14. The van der Waals surface area contributed by atoms with Crippen LogP contribution in [0.25, 0.3) is 0 Å². The first kappa shape index (κ1) is 56.2. The van der Waals surface area contributed by atoms with Crippen LogP contribution in [0.2, 0.25) is 10.0 Å². The molecule has 6 N–H and O–H groups in total. The van der Waals surface area contributed by atoms with Crippen LogP contribution in [-0.2, 0) is 34.7 Å². The third-order valence-corrected chi connectivity index (χ3v) is 16.5. The minimum atomic E-state index is -3.99. The van der Waals surface area contributed by atoms with E-state index < -0.39 is 53.8 Å². The minimum Gasteiger partial charge on any atom is -0.506 e. The molecule has 0 aliphatic heterocycles. The molecule has 72 heavy (non-hydrogen) atoms. The highest BCUT2D eigenvalue weighted by atomic mass is 35.5. The van der Waals surface area contributed by atoms with Crippen molar-refractivity contribution in [3.8, 4) is 11.5 Å². The van der Waals surface area contributed by atoms with Crippen LogP contribution in [0.3, 0.4) is 0 Å². The van der Waals surface area contributed by atoms with E-state index in [1.54, 1.807) is 88.4 Å². The molecule has 6 aromatic carbocycles. The predicted octanol–water partition coefficient (Wildman–Crippen LogP) is 11.5. The Balaban J connectivity index is 0.000000268. The molecule has 0 spiro atoms. The number of hydrogen-bond acceptors (Lipinski definition) is 10. The highest BCUT2D eigenvalue weighted by Crippen LogP contribution is 2.37. The van der Waals surface area contributed by atoms with Crippen molar-refractivity contribution >= 4 is 89.3 Å². The van der Waals surface area contributed by atoms with Gasteiger partial charge in [0.15, 0.2) is 19.7 Å². The van der Waals surface area contributed by atoms with Crippen LogP contribution in [0.5, 0.6) is 11.5 Å². The number of carbonyl (C=O) groups is 4. The number of anilines is 4. The molecule has 0 saturated carbocycles. The van der Waals surface area contributed by atoms with Crippen LogP contribution in [0.4, 0.5) is 22.7 Å². The topological polar surface area (TPSA) is 225 Å². The zero-order chi connectivity index (χ0) is 53.5. The lowest BCUT2D eigenvalue weighted by atomic mass is 9.87.